The van der Waals surface area contributed by atoms with E-state index in [1.54, 1.807) is 6.07 Å². The lowest BCUT2D eigenvalue weighted by Gasteiger charge is -2.12. The summed E-state index contributed by atoms with van der Waals surface area (Å²) in [5.41, 5.74) is 0.152. The Bertz CT molecular complexity index is 376. The minimum atomic E-state index is -1.01. The number of hydrogen-bond acceptors (Lipinski definition) is 3. The number of carboxylic acid groups (broad SMARTS) is 1. The smallest absolute Gasteiger partial charge is 0.336 e. The third-order valence-electron chi connectivity index (χ3n) is 1.80. The lowest BCUT2D eigenvalue weighted by Crippen LogP contribution is -2.02. The van der Waals surface area contributed by atoms with Crippen LogP contribution in [0.4, 0.5) is 0 Å². The second kappa shape index (κ2) is 5.02. The fourth-order valence-corrected chi connectivity index (χ4v) is 1.75. The second-order valence-electron chi connectivity index (χ2n) is 2.70. The highest BCUT2D eigenvalue weighted by Crippen LogP contribution is 2.37. The normalized spacial score (nSPS) is 9.80. The molecule has 5 heteroatoms. The fourth-order valence-electron chi connectivity index (χ4n) is 1.14. The van der Waals surface area contributed by atoms with Crippen LogP contribution in [-0.2, 0) is 0 Å². The first-order valence-corrected chi connectivity index (χ1v) is 5.13. The zero-order chi connectivity index (χ0) is 11.4. The summed E-state index contributed by atoms with van der Waals surface area (Å²) in [6, 6.07) is 3.03. The van der Waals surface area contributed by atoms with Crippen molar-refractivity contribution in [1.29, 1.82) is 0 Å². The van der Waals surface area contributed by atoms with Crippen molar-refractivity contribution in [3.05, 3.63) is 22.2 Å². The predicted molar refractivity (Wildman–Crippen MR) is 58.8 cm³/mol. The lowest BCUT2D eigenvalue weighted by molar-refractivity contribution is 0.0695. The third-order valence-corrected chi connectivity index (χ3v) is 2.59. The Hall–Kier alpha value is -1.23. The molecule has 0 heterocycles. The zero-order valence-corrected chi connectivity index (χ0v) is 10.00. The van der Waals surface area contributed by atoms with E-state index in [1.807, 2.05) is 6.92 Å². The highest BCUT2D eigenvalue weighted by atomic mass is 79.9. The Morgan fingerprint density at radius 3 is 2.67 bits per heavy atom. The van der Waals surface area contributed by atoms with Crippen molar-refractivity contribution in [2.45, 2.75) is 6.92 Å². The number of halogens is 1. The molecule has 0 fully saturated rings. The first kappa shape index (κ1) is 11.8. The molecular weight excluding hydrogens is 264 g/mol. The molecule has 1 N–H and O–H groups in total. The van der Waals surface area contributed by atoms with Crippen LogP contribution >= 0.6 is 15.9 Å². The molecule has 0 unspecified atom stereocenters. The Morgan fingerprint density at radius 1 is 1.53 bits per heavy atom. The molecular formula is C10H11BrO4. The highest BCUT2D eigenvalue weighted by molar-refractivity contribution is 9.10. The Labute approximate surface area is 95.9 Å². The van der Waals surface area contributed by atoms with Crippen molar-refractivity contribution in [1.82, 2.24) is 0 Å². The van der Waals surface area contributed by atoms with E-state index in [4.69, 9.17) is 14.6 Å². The molecule has 0 amide bonds. The number of ether oxygens (including phenoxy) is 2. The van der Waals surface area contributed by atoms with Crippen LogP contribution in [0.2, 0.25) is 0 Å². The van der Waals surface area contributed by atoms with Gasteiger partial charge in [-0.1, -0.05) is 0 Å². The van der Waals surface area contributed by atoms with Crippen LogP contribution in [-0.4, -0.2) is 24.8 Å². The molecule has 4 nitrogen and oxygen atoms in total. The molecule has 0 aliphatic rings. The van der Waals surface area contributed by atoms with Crippen molar-refractivity contribution in [2.24, 2.45) is 0 Å². The maximum absolute atomic E-state index is 10.9. The number of aromatic carboxylic acids is 1. The van der Waals surface area contributed by atoms with E-state index >= 15 is 0 Å². The number of rotatable bonds is 4. The summed E-state index contributed by atoms with van der Waals surface area (Å²) in [7, 11) is 1.50. The molecule has 0 aliphatic carbocycles. The van der Waals surface area contributed by atoms with Gasteiger partial charge in [0.15, 0.2) is 11.5 Å². The van der Waals surface area contributed by atoms with Crippen molar-refractivity contribution in [2.75, 3.05) is 13.7 Å². The number of carboxylic acids is 1. The quantitative estimate of drug-likeness (QED) is 0.917. The van der Waals surface area contributed by atoms with Crippen LogP contribution in [0, 0.1) is 0 Å². The molecule has 0 radical (unpaired) electrons. The number of benzene rings is 1. The molecule has 1 rings (SSSR count). The first-order chi connectivity index (χ1) is 7.11. The van der Waals surface area contributed by atoms with E-state index in [-0.39, 0.29) is 5.56 Å². The van der Waals surface area contributed by atoms with Gasteiger partial charge in [-0.15, -0.1) is 0 Å². The minimum absolute atomic E-state index is 0.152. The number of methoxy groups -OCH3 is 1. The molecule has 0 saturated carbocycles. The van der Waals surface area contributed by atoms with Gasteiger partial charge < -0.3 is 14.6 Å². The van der Waals surface area contributed by atoms with Gasteiger partial charge in [-0.3, -0.25) is 0 Å². The SMILES string of the molecule is CCOc1c(OC)ccc(C(=O)O)c1Br. The summed E-state index contributed by atoms with van der Waals surface area (Å²) in [4.78, 5) is 10.9. The van der Waals surface area contributed by atoms with Crippen LogP contribution in [0.3, 0.4) is 0 Å². The maximum atomic E-state index is 10.9. The Kier molecular flexibility index (Phi) is 3.96. The summed E-state index contributed by atoms with van der Waals surface area (Å²) in [6.45, 7) is 2.26. The van der Waals surface area contributed by atoms with Crippen LogP contribution in [0.1, 0.15) is 17.3 Å². The van der Waals surface area contributed by atoms with Crippen LogP contribution in [0.5, 0.6) is 11.5 Å². The highest BCUT2D eigenvalue weighted by Gasteiger charge is 2.17. The van der Waals surface area contributed by atoms with Crippen LogP contribution in [0.15, 0.2) is 16.6 Å². The summed E-state index contributed by atoms with van der Waals surface area (Å²) in [6.07, 6.45) is 0. The molecule has 0 atom stereocenters. The van der Waals surface area contributed by atoms with Crippen molar-refractivity contribution in [3.63, 3.8) is 0 Å². The zero-order valence-electron chi connectivity index (χ0n) is 8.41. The minimum Gasteiger partial charge on any atom is -0.493 e. The standard InChI is InChI=1S/C10H11BrO4/c1-3-15-9-7(14-2)5-4-6(8(9)11)10(12)13/h4-5H,3H2,1-2H3,(H,12,13). The molecule has 0 aromatic heterocycles. The average molecular weight is 275 g/mol. The van der Waals surface area contributed by atoms with Gasteiger partial charge in [0.1, 0.15) is 0 Å². The Balaban J connectivity index is 3.28. The van der Waals surface area contributed by atoms with Crippen molar-refractivity contribution >= 4 is 21.9 Å². The molecule has 0 saturated heterocycles. The van der Waals surface area contributed by atoms with Gasteiger partial charge in [-0.05, 0) is 35.0 Å². The monoisotopic (exact) mass is 274 g/mol. The second-order valence-corrected chi connectivity index (χ2v) is 3.49. The molecule has 1 aromatic rings. The summed E-state index contributed by atoms with van der Waals surface area (Å²) in [5, 5.41) is 8.90. The largest absolute Gasteiger partial charge is 0.493 e. The lowest BCUT2D eigenvalue weighted by atomic mass is 10.2. The molecule has 0 bridgehead atoms. The molecule has 0 aliphatic heterocycles. The van der Waals surface area contributed by atoms with E-state index in [9.17, 15) is 4.79 Å². The fraction of sp³-hybridized carbons (Fsp3) is 0.300. The Morgan fingerprint density at radius 2 is 2.20 bits per heavy atom. The van der Waals surface area contributed by atoms with Gasteiger partial charge in [0, 0.05) is 0 Å². The molecule has 1 aromatic carbocycles. The van der Waals surface area contributed by atoms with Gasteiger partial charge in [0.2, 0.25) is 0 Å². The summed E-state index contributed by atoms with van der Waals surface area (Å²) >= 11 is 3.19. The van der Waals surface area contributed by atoms with E-state index < -0.39 is 5.97 Å². The molecule has 82 valence electrons. The maximum Gasteiger partial charge on any atom is 0.336 e. The van der Waals surface area contributed by atoms with E-state index in [1.165, 1.54) is 13.2 Å². The van der Waals surface area contributed by atoms with Crippen LogP contribution < -0.4 is 9.47 Å². The van der Waals surface area contributed by atoms with Gasteiger partial charge in [-0.2, -0.15) is 0 Å². The molecule has 15 heavy (non-hydrogen) atoms. The van der Waals surface area contributed by atoms with E-state index in [0.717, 1.165) is 0 Å². The summed E-state index contributed by atoms with van der Waals surface area (Å²) in [5.74, 6) is -0.0842. The van der Waals surface area contributed by atoms with E-state index in [0.29, 0.717) is 22.6 Å². The number of carbonyl (C=O) groups is 1. The third kappa shape index (κ3) is 2.41. The number of hydrogen-bond donors (Lipinski definition) is 1. The van der Waals surface area contributed by atoms with Crippen LogP contribution in [0.25, 0.3) is 0 Å². The van der Waals surface area contributed by atoms with Gasteiger partial charge in [0.05, 0.1) is 23.8 Å². The topological polar surface area (TPSA) is 55.8 Å². The van der Waals surface area contributed by atoms with Crippen molar-refractivity contribution in [3.8, 4) is 11.5 Å². The summed E-state index contributed by atoms with van der Waals surface area (Å²) < 4.78 is 10.8. The van der Waals surface area contributed by atoms with Gasteiger partial charge in [-0.25, -0.2) is 4.79 Å². The van der Waals surface area contributed by atoms with E-state index in [2.05, 4.69) is 15.9 Å². The van der Waals surface area contributed by atoms with Crippen molar-refractivity contribution < 1.29 is 19.4 Å². The first-order valence-electron chi connectivity index (χ1n) is 4.34. The molecule has 0 spiro atoms. The predicted octanol–water partition coefficient (Wildman–Crippen LogP) is 2.55. The average Bonchev–Trinajstić information content (AvgIpc) is 2.20. The van der Waals surface area contributed by atoms with Gasteiger partial charge in [0.25, 0.3) is 0 Å². The van der Waals surface area contributed by atoms with Gasteiger partial charge >= 0.3 is 5.97 Å².